The summed E-state index contributed by atoms with van der Waals surface area (Å²) in [7, 11) is 0. The highest BCUT2D eigenvalue weighted by molar-refractivity contribution is 5.73. The van der Waals surface area contributed by atoms with E-state index in [1.165, 1.54) is 0 Å². The molecule has 0 amide bonds. The molecule has 6 heteroatoms. The van der Waals surface area contributed by atoms with Gasteiger partial charge in [0.05, 0.1) is 11.4 Å². The minimum atomic E-state index is -0.993. The van der Waals surface area contributed by atoms with Crippen molar-refractivity contribution in [3.05, 3.63) is 11.4 Å². The Hall–Kier alpha value is -1.43. The van der Waals surface area contributed by atoms with E-state index in [1.54, 1.807) is 0 Å². The quantitative estimate of drug-likeness (QED) is 0.706. The molecular formula is C9H14N4O2. The first-order valence-corrected chi connectivity index (χ1v) is 5.08. The molecule has 1 aliphatic heterocycles. The van der Waals surface area contributed by atoms with Gasteiger partial charge in [0.1, 0.15) is 6.04 Å². The molecule has 0 bridgehead atoms. The lowest BCUT2D eigenvalue weighted by Gasteiger charge is -2.13. The standard InChI is InChI=1S/C9H14N4O2/c10-6(9(14)15)5-7-8-3-1-2-4-13(8)12-11-7/h6H,1-5,10H2,(H,14,15). The number of nitrogens with two attached hydrogens (primary N) is 1. The van der Waals surface area contributed by atoms with Gasteiger partial charge in [-0.25, -0.2) is 4.68 Å². The fourth-order valence-corrected chi connectivity index (χ4v) is 1.83. The van der Waals surface area contributed by atoms with E-state index >= 15 is 0 Å². The van der Waals surface area contributed by atoms with Gasteiger partial charge in [0.2, 0.25) is 0 Å². The van der Waals surface area contributed by atoms with Crippen LogP contribution in [0.5, 0.6) is 0 Å². The van der Waals surface area contributed by atoms with Gasteiger partial charge in [-0.2, -0.15) is 0 Å². The Morgan fingerprint density at radius 3 is 3.13 bits per heavy atom. The molecule has 0 aromatic carbocycles. The van der Waals surface area contributed by atoms with E-state index in [9.17, 15) is 4.79 Å². The van der Waals surface area contributed by atoms with Gasteiger partial charge in [0.25, 0.3) is 0 Å². The average molecular weight is 210 g/mol. The van der Waals surface area contributed by atoms with Crippen LogP contribution < -0.4 is 5.73 Å². The first kappa shape index (κ1) is 10.1. The molecule has 3 N–H and O–H groups in total. The SMILES string of the molecule is NC(Cc1nnn2c1CCCC2)C(=O)O. The number of aromatic nitrogens is 3. The lowest BCUT2D eigenvalue weighted by atomic mass is 10.0. The monoisotopic (exact) mass is 210 g/mol. The maximum absolute atomic E-state index is 10.6. The molecule has 1 aromatic heterocycles. The molecule has 0 radical (unpaired) electrons. The molecule has 82 valence electrons. The van der Waals surface area contributed by atoms with E-state index in [2.05, 4.69) is 10.3 Å². The lowest BCUT2D eigenvalue weighted by Crippen LogP contribution is -2.32. The van der Waals surface area contributed by atoms with Crippen LogP contribution in [0.25, 0.3) is 0 Å². The highest BCUT2D eigenvalue weighted by Gasteiger charge is 2.20. The largest absolute Gasteiger partial charge is 0.480 e. The lowest BCUT2D eigenvalue weighted by molar-refractivity contribution is -0.138. The van der Waals surface area contributed by atoms with Crippen LogP contribution in [0.15, 0.2) is 0 Å². The summed E-state index contributed by atoms with van der Waals surface area (Å²) in [4.78, 5) is 10.6. The third kappa shape index (κ3) is 1.99. The van der Waals surface area contributed by atoms with E-state index < -0.39 is 12.0 Å². The number of rotatable bonds is 3. The van der Waals surface area contributed by atoms with Gasteiger partial charge < -0.3 is 10.8 Å². The number of carboxylic acid groups (broad SMARTS) is 1. The Morgan fingerprint density at radius 2 is 2.40 bits per heavy atom. The van der Waals surface area contributed by atoms with Crippen LogP contribution in [-0.2, 0) is 24.2 Å². The van der Waals surface area contributed by atoms with Gasteiger partial charge >= 0.3 is 5.97 Å². The van der Waals surface area contributed by atoms with Crippen molar-refractivity contribution >= 4 is 5.97 Å². The number of nitrogens with zero attached hydrogens (tertiary/aromatic N) is 3. The molecule has 6 nitrogen and oxygen atoms in total. The van der Waals surface area contributed by atoms with E-state index in [0.29, 0.717) is 0 Å². The molecule has 1 atom stereocenters. The second kappa shape index (κ2) is 3.98. The molecule has 0 saturated heterocycles. The van der Waals surface area contributed by atoms with Crippen LogP contribution in [0.1, 0.15) is 24.2 Å². The molecule has 2 rings (SSSR count). The fourth-order valence-electron chi connectivity index (χ4n) is 1.83. The first-order valence-electron chi connectivity index (χ1n) is 5.08. The van der Waals surface area contributed by atoms with Gasteiger partial charge in [0, 0.05) is 13.0 Å². The summed E-state index contributed by atoms with van der Waals surface area (Å²) in [5.41, 5.74) is 7.26. The van der Waals surface area contributed by atoms with Gasteiger partial charge in [-0.3, -0.25) is 4.79 Å². The predicted octanol–water partition coefficient (Wildman–Crippen LogP) is -0.431. The Morgan fingerprint density at radius 1 is 1.60 bits per heavy atom. The number of carboxylic acids is 1. The van der Waals surface area contributed by atoms with Crippen molar-refractivity contribution in [3.8, 4) is 0 Å². The number of hydrogen-bond acceptors (Lipinski definition) is 4. The number of aliphatic carboxylic acids is 1. The second-order valence-corrected chi connectivity index (χ2v) is 3.81. The van der Waals surface area contributed by atoms with Crippen molar-refractivity contribution in [1.29, 1.82) is 0 Å². The normalized spacial score (nSPS) is 17.1. The summed E-state index contributed by atoms with van der Waals surface area (Å²) < 4.78 is 1.85. The second-order valence-electron chi connectivity index (χ2n) is 3.81. The minimum Gasteiger partial charge on any atom is -0.480 e. The third-order valence-electron chi connectivity index (χ3n) is 2.68. The van der Waals surface area contributed by atoms with Crippen LogP contribution in [0, 0.1) is 0 Å². The topological polar surface area (TPSA) is 94.0 Å². The van der Waals surface area contributed by atoms with Crippen molar-refractivity contribution in [2.24, 2.45) is 5.73 Å². The van der Waals surface area contributed by atoms with Crippen LogP contribution >= 0.6 is 0 Å². The number of hydrogen-bond donors (Lipinski definition) is 2. The summed E-state index contributed by atoms with van der Waals surface area (Å²) in [6, 6.07) is -0.881. The molecule has 1 aromatic rings. The minimum absolute atomic E-state index is 0.269. The van der Waals surface area contributed by atoms with E-state index in [-0.39, 0.29) is 6.42 Å². The Kier molecular flexibility index (Phi) is 2.68. The average Bonchev–Trinajstić information content (AvgIpc) is 2.62. The Balaban J connectivity index is 2.15. The van der Waals surface area contributed by atoms with Crippen molar-refractivity contribution < 1.29 is 9.90 Å². The number of aryl methyl sites for hydroxylation is 1. The van der Waals surface area contributed by atoms with Crippen LogP contribution in [0.4, 0.5) is 0 Å². The summed E-state index contributed by atoms with van der Waals surface area (Å²) in [5, 5.41) is 16.7. The van der Waals surface area contributed by atoms with E-state index in [0.717, 1.165) is 37.2 Å². The van der Waals surface area contributed by atoms with Crippen molar-refractivity contribution in [1.82, 2.24) is 15.0 Å². The van der Waals surface area contributed by atoms with Crippen LogP contribution in [-0.4, -0.2) is 32.1 Å². The Bertz CT molecular complexity index is 374. The maximum atomic E-state index is 10.6. The van der Waals surface area contributed by atoms with Gasteiger partial charge in [-0.1, -0.05) is 5.21 Å². The first-order chi connectivity index (χ1) is 7.18. The summed E-state index contributed by atoms with van der Waals surface area (Å²) in [6.45, 7) is 0.880. The number of carbonyl (C=O) groups is 1. The molecule has 1 aliphatic rings. The molecule has 0 saturated carbocycles. The maximum Gasteiger partial charge on any atom is 0.320 e. The van der Waals surface area contributed by atoms with Crippen LogP contribution in [0.3, 0.4) is 0 Å². The summed E-state index contributed by atoms with van der Waals surface area (Å²) in [5.74, 6) is -0.993. The van der Waals surface area contributed by atoms with Gasteiger partial charge in [-0.15, -0.1) is 5.10 Å². The smallest absolute Gasteiger partial charge is 0.320 e. The third-order valence-corrected chi connectivity index (χ3v) is 2.68. The molecule has 0 aliphatic carbocycles. The Labute approximate surface area is 87.1 Å². The number of fused-ring (bicyclic) bond motifs is 1. The zero-order valence-electron chi connectivity index (χ0n) is 8.39. The fraction of sp³-hybridized carbons (Fsp3) is 0.667. The zero-order valence-corrected chi connectivity index (χ0v) is 8.39. The van der Waals surface area contributed by atoms with Crippen molar-refractivity contribution in [3.63, 3.8) is 0 Å². The summed E-state index contributed by atoms with van der Waals surface area (Å²) in [6.07, 6.45) is 3.42. The van der Waals surface area contributed by atoms with Crippen molar-refractivity contribution in [2.45, 2.75) is 38.3 Å². The van der Waals surface area contributed by atoms with Crippen LogP contribution in [0.2, 0.25) is 0 Å². The summed E-state index contributed by atoms with van der Waals surface area (Å²) >= 11 is 0. The molecule has 15 heavy (non-hydrogen) atoms. The van der Waals surface area contributed by atoms with Crippen molar-refractivity contribution in [2.75, 3.05) is 0 Å². The highest BCUT2D eigenvalue weighted by Crippen LogP contribution is 2.16. The zero-order chi connectivity index (χ0) is 10.8. The highest BCUT2D eigenvalue weighted by atomic mass is 16.4. The van der Waals surface area contributed by atoms with E-state index in [4.69, 9.17) is 10.8 Å². The predicted molar refractivity (Wildman–Crippen MR) is 52.3 cm³/mol. The van der Waals surface area contributed by atoms with Gasteiger partial charge in [-0.05, 0) is 19.3 Å². The molecule has 0 fully saturated rings. The van der Waals surface area contributed by atoms with E-state index in [1.807, 2.05) is 4.68 Å². The molecule has 0 spiro atoms. The molecule has 2 heterocycles. The van der Waals surface area contributed by atoms with Gasteiger partial charge in [0.15, 0.2) is 0 Å². The molecular weight excluding hydrogens is 196 g/mol. The molecule has 1 unspecified atom stereocenters.